The van der Waals surface area contributed by atoms with Crippen LogP contribution in [0.25, 0.3) is 22.4 Å². The summed E-state index contributed by atoms with van der Waals surface area (Å²) in [6, 6.07) is 4.46. The minimum atomic E-state index is 0.973. The lowest BCUT2D eigenvalue weighted by Gasteiger charge is -2.08. The number of aromatic nitrogens is 1. The fourth-order valence-corrected chi connectivity index (χ4v) is 4.11. The van der Waals surface area contributed by atoms with Gasteiger partial charge in [0, 0.05) is 27.9 Å². The summed E-state index contributed by atoms with van der Waals surface area (Å²) in [6.45, 7) is 16.6. The van der Waals surface area contributed by atoms with Crippen molar-refractivity contribution in [2.24, 2.45) is 4.99 Å². The predicted molar refractivity (Wildman–Crippen MR) is 130 cm³/mol. The molecule has 1 aromatic heterocycles. The number of fused-ring (bicyclic) bond motifs is 1. The van der Waals surface area contributed by atoms with E-state index in [2.05, 4.69) is 65.5 Å². The number of hydrogen-bond acceptors (Lipinski definition) is 1. The zero-order valence-electron chi connectivity index (χ0n) is 18.4. The van der Waals surface area contributed by atoms with Gasteiger partial charge >= 0.3 is 0 Å². The van der Waals surface area contributed by atoms with Gasteiger partial charge in [-0.05, 0) is 87.1 Å². The summed E-state index contributed by atoms with van der Waals surface area (Å²) in [5, 5.41) is 2.29. The molecule has 3 rings (SSSR count). The van der Waals surface area contributed by atoms with Crippen molar-refractivity contribution in [3.05, 3.63) is 82.4 Å². The van der Waals surface area contributed by atoms with Gasteiger partial charge in [-0.2, -0.15) is 0 Å². The third kappa shape index (κ3) is 3.62. The topological polar surface area (TPSA) is 17.3 Å². The smallest absolute Gasteiger partial charge is 0.234 e. The zero-order chi connectivity index (χ0) is 21.3. The third-order valence-electron chi connectivity index (χ3n) is 5.77. The Morgan fingerprint density at radius 2 is 1.79 bits per heavy atom. The molecular formula is C26H29BN2. The number of allylic oxidation sites excluding steroid dienone is 7. The van der Waals surface area contributed by atoms with Gasteiger partial charge in [0.15, 0.2) is 0 Å². The third-order valence-corrected chi connectivity index (χ3v) is 5.77. The van der Waals surface area contributed by atoms with E-state index >= 15 is 0 Å². The van der Waals surface area contributed by atoms with Crippen molar-refractivity contribution in [2.75, 3.05) is 0 Å². The minimum Gasteiger partial charge on any atom is -0.396 e. The number of nitrogens with zero attached hydrogens (tertiary/aromatic N) is 2. The highest BCUT2D eigenvalue weighted by atomic mass is 14.9. The van der Waals surface area contributed by atoms with E-state index in [1.165, 1.54) is 22.3 Å². The molecule has 2 heterocycles. The van der Waals surface area contributed by atoms with Crippen molar-refractivity contribution in [1.29, 1.82) is 0 Å². The van der Waals surface area contributed by atoms with Crippen molar-refractivity contribution < 1.29 is 0 Å². The van der Waals surface area contributed by atoms with E-state index < -0.39 is 0 Å². The van der Waals surface area contributed by atoms with Gasteiger partial charge in [-0.25, -0.2) is 0 Å². The molecule has 0 atom stereocenters. The van der Waals surface area contributed by atoms with Gasteiger partial charge in [0.05, 0.1) is 5.70 Å². The van der Waals surface area contributed by atoms with E-state index in [9.17, 15) is 0 Å². The summed E-state index contributed by atoms with van der Waals surface area (Å²) in [5.41, 5.74) is 10.2. The molecule has 1 aliphatic rings. The molecule has 0 N–H and O–H groups in total. The first-order valence-electron chi connectivity index (χ1n) is 10.2. The molecule has 29 heavy (non-hydrogen) atoms. The van der Waals surface area contributed by atoms with Gasteiger partial charge in [0.1, 0.15) is 0 Å². The average Bonchev–Trinajstić information content (AvgIpc) is 3.09. The van der Waals surface area contributed by atoms with Crippen LogP contribution in [0.2, 0.25) is 0 Å². The molecule has 1 aliphatic heterocycles. The number of aryl methyl sites for hydroxylation is 2. The molecule has 0 bridgehead atoms. The largest absolute Gasteiger partial charge is 0.396 e. The first-order valence-corrected chi connectivity index (χ1v) is 10.2. The average molecular weight is 380 g/mol. The Morgan fingerprint density at radius 1 is 1.14 bits per heavy atom. The van der Waals surface area contributed by atoms with Gasteiger partial charge in [-0.15, -0.1) is 0 Å². The Morgan fingerprint density at radius 3 is 2.34 bits per heavy atom. The highest BCUT2D eigenvalue weighted by Crippen LogP contribution is 2.36. The summed E-state index contributed by atoms with van der Waals surface area (Å²) in [7, 11) is 6.70. The van der Waals surface area contributed by atoms with Gasteiger partial charge < -0.3 is 4.48 Å². The molecule has 0 saturated carbocycles. The van der Waals surface area contributed by atoms with Crippen molar-refractivity contribution in [3.8, 4) is 0 Å². The molecule has 0 unspecified atom stereocenters. The van der Waals surface area contributed by atoms with Crippen molar-refractivity contribution in [3.63, 3.8) is 0 Å². The van der Waals surface area contributed by atoms with Crippen LogP contribution in [0.1, 0.15) is 56.6 Å². The number of rotatable bonds is 5. The highest BCUT2D eigenvalue weighted by Gasteiger charge is 2.20. The Labute approximate surface area is 176 Å². The first kappa shape index (κ1) is 20.9. The maximum atomic E-state index is 6.70. The second-order valence-electron chi connectivity index (χ2n) is 7.63. The standard InChI is InChI=1S/C26H29BN2/c1-8-11-20(12-9-2)26-23-14-17(5)16(4)13-22(23)25(29(26)27)15-24-18(6)21(10-3)19(7)28-24/h8-9,11-15H,1,10H2,2-7H3/b12-9-,20-11+,24-15-. The summed E-state index contributed by atoms with van der Waals surface area (Å²) in [4.78, 5) is 4.82. The van der Waals surface area contributed by atoms with Crippen molar-refractivity contribution in [2.45, 2.75) is 48.0 Å². The molecule has 0 aliphatic carbocycles. The number of aliphatic imine (C=N–C) groups is 1. The van der Waals surface area contributed by atoms with E-state index in [1.807, 2.05) is 19.1 Å². The summed E-state index contributed by atoms with van der Waals surface area (Å²) in [5.74, 6) is 0. The quantitative estimate of drug-likeness (QED) is 0.397. The van der Waals surface area contributed by atoms with Crippen LogP contribution < -0.4 is 0 Å². The molecule has 0 saturated heterocycles. The van der Waals surface area contributed by atoms with Crippen molar-refractivity contribution in [1.82, 2.24) is 4.48 Å². The van der Waals surface area contributed by atoms with Crippen molar-refractivity contribution >= 4 is 36.1 Å². The monoisotopic (exact) mass is 380 g/mol. The van der Waals surface area contributed by atoms with E-state index in [0.717, 1.165) is 45.6 Å². The van der Waals surface area contributed by atoms with E-state index in [0.29, 0.717) is 0 Å². The van der Waals surface area contributed by atoms with Gasteiger partial charge in [0.2, 0.25) is 7.98 Å². The molecule has 2 aromatic rings. The van der Waals surface area contributed by atoms with Crippen LogP contribution in [-0.2, 0) is 0 Å². The van der Waals surface area contributed by atoms with Crippen LogP contribution in [0.15, 0.2) is 64.9 Å². The van der Waals surface area contributed by atoms with Crippen LogP contribution in [0.3, 0.4) is 0 Å². The molecule has 146 valence electrons. The van der Waals surface area contributed by atoms with Crippen LogP contribution in [-0.4, -0.2) is 18.2 Å². The second-order valence-corrected chi connectivity index (χ2v) is 7.63. The van der Waals surface area contributed by atoms with Gasteiger partial charge in [0.25, 0.3) is 0 Å². The Hall–Kier alpha value is -2.81. The maximum absolute atomic E-state index is 6.70. The summed E-state index contributed by atoms with van der Waals surface area (Å²) >= 11 is 0. The predicted octanol–water partition coefficient (Wildman–Crippen LogP) is 6.88. The Bertz CT molecular complexity index is 1150. The second kappa shape index (κ2) is 8.28. The number of benzene rings is 1. The van der Waals surface area contributed by atoms with Gasteiger partial charge in [-0.3, -0.25) is 4.99 Å². The van der Waals surface area contributed by atoms with Gasteiger partial charge in [-0.1, -0.05) is 37.8 Å². The Balaban J connectivity index is 2.38. The molecule has 2 radical (unpaired) electrons. The van der Waals surface area contributed by atoms with E-state index in [1.54, 1.807) is 10.6 Å². The van der Waals surface area contributed by atoms with Crippen LogP contribution >= 0.6 is 0 Å². The molecule has 0 spiro atoms. The molecule has 1 aromatic carbocycles. The van der Waals surface area contributed by atoms with E-state index in [4.69, 9.17) is 13.0 Å². The van der Waals surface area contributed by atoms with Crippen LogP contribution in [0.4, 0.5) is 0 Å². The van der Waals surface area contributed by atoms with E-state index in [-0.39, 0.29) is 0 Å². The molecule has 3 heteroatoms. The number of hydrogen-bond donors (Lipinski definition) is 0. The zero-order valence-corrected chi connectivity index (χ0v) is 18.4. The highest BCUT2D eigenvalue weighted by molar-refractivity contribution is 6.16. The summed E-state index contributed by atoms with van der Waals surface area (Å²) < 4.78 is 1.80. The lowest BCUT2D eigenvalue weighted by Crippen LogP contribution is -2.00. The molecular weight excluding hydrogens is 351 g/mol. The minimum absolute atomic E-state index is 0.973. The fourth-order valence-electron chi connectivity index (χ4n) is 4.11. The SMILES string of the molecule is [B]n1c(/C=C2\N=C(C)C(CC)=C2C)c2cc(C)c(C)cc2c1C(/C=C\C)=C/C=C. The molecule has 2 nitrogen and oxygen atoms in total. The van der Waals surface area contributed by atoms with Crippen LogP contribution in [0.5, 0.6) is 0 Å². The summed E-state index contributed by atoms with van der Waals surface area (Å²) in [6.07, 6.45) is 11.0. The molecule has 0 amide bonds. The molecule has 0 fully saturated rings. The van der Waals surface area contributed by atoms with Crippen LogP contribution in [0, 0.1) is 13.8 Å². The lowest BCUT2D eigenvalue weighted by molar-refractivity contribution is 1.15. The lowest BCUT2D eigenvalue weighted by atomic mass is 10.00. The first-order chi connectivity index (χ1) is 13.8. The maximum Gasteiger partial charge on any atom is 0.234 e. The normalized spacial score (nSPS) is 16.6. The Kier molecular flexibility index (Phi) is 5.98. The fraction of sp³-hybridized carbons (Fsp3) is 0.269.